The molecule has 1 fully saturated rings. The van der Waals surface area contributed by atoms with Crippen molar-refractivity contribution in [1.82, 2.24) is 4.90 Å². The van der Waals surface area contributed by atoms with E-state index in [4.69, 9.17) is 9.84 Å². The largest absolute Gasteiger partial charge is 0.465 e. The topological polar surface area (TPSA) is 61.8 Å². The Morgan fingerprint density at radius 1 is 1.47 bits per heavy atom. The predicted molar refractivity (Wildman–Crippen MR) is 68.8 cm³/mol. The molecule has 0 aliphatic carbocycles. The second-order valence-electron chi connectivity index (χ2n) is 4.55. The van der Waals surface area contributed by atoms with Crippen LogP contribution in [0.4, 0.5) is 14.9 Å². The van der Waals surface area contributed by atoms with Crippen molar-refractivity contribution in [2.24, 2.45) is 0 Å². The number of ether oxygens (including phenoxy) is 1. The summed E-state index contributed by atoms with van der Waals surface area (Å²) >= 11 is 0. The maximum Gasteiger partial charge on any atom is 0.407 e. The molecule has 1 aliphatic rings. The van der Waals surface area contributed by atoms with Crippen LogP contribution in [0, 0.1) is 5.82 Å². The zero-order valence-electron chi connectivity index (χ0n) is 10.7. The van der Waals surface area contributed by atoms with Gasteiger partial charge in [0, 0.05) is 19.3 Å². The summed E-state index contributed by atoms with van der Waals surface area (Å²) in [7, 11) is 1.56. The smallest absolute Gasteiger partial charge is 0.407 e. The van der Waals surface area contributed by atoms with E-state index in [1.807, 2.05) is 0 Å². The van der Waals surface area contributed by atoms with E-state index in [0.717, 1.165) is 5.69 Å². The highest BCUT2D eigenvalue weighted by molar-refractivity contribution is 5.65. The van der Waals surface area contributed by atoms with Gasteiger partial charge in [-0.1, -0.05) is 0 Å². The van der Waals surface area contributed by atoms with E-state index in [1.165, 1.54) is 17.0 Å². The minimum absolute atomic E-state index is 0.0195. The molecular weight excluding hydrogens is 251 g/mol. The molecule has 1 aromatic carbocycles. The first-order valence-electron chi connectivity index (χ1n) is 6.13. The lowest BCUT2D eigenvalue weighted by Crippen LogP contribution is -2.52. The molecule has 1 heterocycles. The molecule has 5 nitrogen and oxygen atoms in total. The van der Waals surface area contributed by atoms with Crippen molar-refractivity contribution in [3.8, 4) is 0 Å². The minimum Gasteiger partial charge on any atom is -0.465 e. The van der Waals surface area contributed by atoms with Gasteiger partial charge in [-0.2, -0.15) is 0 Å². The molecule has 0 aromatic heterocycles. The number of rotatable bonds is 3. The highest BCUT2D eigenvalue weighted by Crippen LogP contribution is 2.19. The fraction of sp³-hybridized carbons (Fsp3) is 0.462. The fourth-order valence-corrected chi connectivity index (χ4v) is 2.25. The average Bonchev–Trinajstić information content (AvgIpc) is 2.41. The Morgan fingerprint density at radius 3 is 2.74 bits per heavy atom. The molecule has 2 atom stereocenters. The van der Waals surface area contributed by atoms with Gasteiger partial charge in [-0.05, 0) is 30.7 Å². The summed E-state index contributed by atoms with van der Waals surface area (Å²) in [5, 5.41) is 12.2. The molecule has 19 heavy (non-hydrogen) atoms. The average molecular weight is 268 g/mol. The second kappa shape index (κ2) is 5.88. The second-order valence-corrected chi connectivity index (χ2v) is 4.55. The molecule has 2 rings (SSSR count). The Kier molecular flexibility index (Phi) is 4.21. The number of anilines is 1. The third kappa shape index (κ3) is 3.35. The van der Waals surface area contributed by atoms with Crippen molar-refractivity contribution in [2.75, 3.05) is 25.5 Å². The van der Waals surface area contributed by atoms with Gasteiger partial charge in [0.1, 0.15) is 5.82 Å². The van der Waals surface area contributed by atoms with E-state index in [-0.39, 0.29) is 18.0 Å². The van der Waals surface area contributed by atoms with Gasteiger partial charge < -0.3 is 20.1 Å². The number of nitrogens with one attached hydrogen (secondary N) is 1. The standard InChI is InChI=1S/C13H17FN2O3/c1-19-12-8-16(13(17)18)7-6-11(12)15-10-4-2-9(14)3-5-10/h2-5,11-12,15H,6-8H2,1H3,(H,17,18)/t11-,12-/m1/s1. The highest BCUT2D eigenvalue weighted by Gasteiger charge is 2.31. The predicted octanol–water partition coefficient (Wildman–Crippen LogP) is 2.00. The Labute approximate surface area is 111 Å². The number of benzene rings is 1. The number of likely N-dealkylation sites (tertiary alicyclic amines) is 1. The van der Waals surface area contributed by atoms with Crippen LogP contribution < -0.4 is 5.32 Å². The van der Waals surface area contributed by atoms with Crippen molar-refractivity contribution in [1.29, 1.82) is 0 Å². The molecule has 6 heteroatoms. The van der Waals surface area contributed by atoms with Crippen LogP contribution in [-0.2, 0) is 4.74 Å². The van der Waals surface area contributed by atoms with Crippen LogP contribution in [0.3, 0.4) is 0 Å². The summed E-state index contributed by atoms with van der Waals surface area (Å²) in [6.45, 7) is 0.804. The van der Waals surface area contributed by atoms with E-state index in [2.05, 4.69) is 5.32 Å². The van der Waals surface area contributed by atoms with Crippen molar-refractivity contribution in [3.63, 3.8) is 0 Å². The molecule has 104 valence electrons. The number of hydrogen-bond acceptors (Lipinski definition) is 3. The molecule has 0 spiro atoms. The zero-order valence-corrected chi connectivity index (χ0v) is 10.7. The first-order valence-corrected chi connectivity index (χ1v) is 6.13. The van der Waals surface area contributed by atoms with Gasteiger partial charge in [0.15, 0.2) is 0 Å². The van der Waals surface area contributed by atoms with Crippen LogP contribution in [-0.4, -0.2) is 48.4 Å². The normalized spacial score (nSPS) is 23.2. The third-order valence-electron chi connectivity index (χ3n) is 3.33. The molecule has 1 saturated heterocycles. The molecule has 2 N–H and O–H groups in total. The number of halogens is 1. The van der Waals surface area contributed by atoms with Crippen molar-refractivity contribution in [2.45, 2.75) is 18.6 Å². The number of amides is 1. The number of carboxylic acid groups (broad SMARTS) is 1. The SMILES string of the molecule is CO[C@@H]1CN(C(=O)O)CC[C@H]1Nc1ccc(F)cc1. The number of nitrogens with zero attached hydrogens (tertiary/aromatic N) is 1. The van der Waals surface area contributed by atoms with E-state index in [1.54, 1.807) is 19.2 Å². The highest BCUT2D eigenvalue weighted by atomic mass is 19.1. The molecular formula is C13H17FN2O3. The Hall–Kier alpha value is -1.82. The number of carbonyl (C=O) groups is 1. The van der Waals surface area contributed by atoms with Crippen molar-refractivity contribution in [3.05, 3.63) is 30.1 Å². The summed E-state index contributed by atoms with van der Waals surface area (Å²) in [5.41, 5.74) is 0.803. The van der Waals surface area contributed by atoms with Gasteiger partial charge in [-0.15, -0.1) is 0 Å². The van der Waals surface area contributed by atoms with Gasteiger partial charge in [-0.25, -0.2) is 9.18 Å². The molecule has 1 aliphatic heterocycles. The maximum atomic E-state index is 12.8. The van der Waals surface area contributed by atoms with Crippen molar-refractivity contribution < 1.29 is 19.0 Å². The van der Waals surface area contributed by atoms with Gasteiger partial charge >= 0.3 is 6.09 Å². The quantitative estimate of drug-likeness (QED) is 0.880. The third-order valence-corrected chi connectivity index (χ3v) is 3.33. The van der Waals surface area contributed by atoms with E-state index in [0.29, 0.717) is 19.5 Å². The van der Waals surface area contributed by atoms with Crippen LogP contribution in [0.2, 0.25) is 0 Å². The lowest BCUT2D eigenvalue weighted by Gasteiger charge is -2.37. The van der Waals surface area contributed by atoms with Crippen LogP contribution in [0.1, 0.15) is 6.42 Å². The molecule has 0 bridgehead atoms. The number of piperidine rings is 1. The molecule has 0 saturated carbocycles. The van der Waals surface area contributed by atoms with E-state index >= 15 is 0 Å². The van der Waals surface area contributed by atoms with Gasteiger partial charge in [0.05, 0.1) is 18.7 Å². The fourth-order valence-electron chi connectivity index (χ4n) is 2.25. The van der Waals surface area contributed by atoms with Crippen molar-refractivity contribution >= 4 is 11.8 Å². The van der Waals surface area contributed by atoms with Gasteiger partial charge in [-0.3, -0.25) is 0 Å². The summed E-state index contributed by atoms with van der Waals surface area (Å²) in [4.78, 5) is 12.3. The summed E-state index contributed by atoms with van der Waals surface area (Å²) in [6, 6.07) is 6.11. The maximum absolute atomic E-state index is 12.8. The first-order chi connectivity index (χ1) is 9.10. The van der Waals surface area contributed by atoms with Crippen LogP contribution in [0.15, 0.2) is 24.3 Å². The Morgan fingerprint density at radius 2 is 2.16 bits per heavy atom. The lowest BCUT2D eigenvalue weighted by molar-refractivity contribution is 0.0248. The minimum atomic E-state index is -0.928. The molecule has 1 aromatic rings. The summed E-state index contributed by atoms with van der Waals surface area (Å²) in [6.07, 6.45) is -0.487. The van der Waals surface area contributed by atoms with E-state index in [9.17, 15) is 9.18 Å². The number of hydrogen-bond donors (Lipinski definition) is 2. The Balaban J connectivity index is 2.00. The lowest BCUT2D eigenvalue weighted by atomic mass is 10.0. The van der Waals surface area contributed by atoms with Crippen LogP contribution >= 0.6 is 0 Å². The Bertz CT molecular complexity index is 438. The summed E-state index contributed by atoms with van der Waals surface area (Å²) < 4.78 is 18.2. The molecule has 0 radical (unpaired) electrons. The molecule has 0 unspecified atom stereocenters. The van der Waals surface area contributed by atoms with Crippen LogP contribution in [0.25, 0.3) is 0 Å². The number of methoxy groups -OCH3 is 1. The van der Waals surface area contributed by atoms with E-state index < -0.39 is 6.09 Å². The molecule has 1 amide bonds. The monoisotopic (exact) mass is 268 g/mol. The first kappa shape index (κ1) is 13.6. The zero-order chi connectivity index (χ0) is 13.8. The van der Waals surface area contributed by atoms with Crippen LogP contribution in [0.5, 0.6) is 0 Å². The van der Waals surface area contributed by atoms with Gasteiger partial charge in [0.2, 0.25) is 0 Å². The van der Waals surface area contributed by atoms with Gasteiger partial charge in [0.25, 0.3) is 0 Å². The summed E-state index contributed by atoms with van der Waals surface area (Å²) in [5.74, 6) is -0.283.